The fourth-order valence-electron chi connectivity index (χ4n) is 6.83. The summed E-state index contributed by atoms with van der Waals surface area (Å²) in [6.45, 7) is 4.64. The Bertz CT molecular complexity index is 2190. The van der Waals surface area contributed by atoms with Gasteiger partial charge in [0.05, 0.1) is 10.4 Å². The number of benzene rings is 6. The first-order valence-corrected chi connectivity index (χ1v) is 15.7. The molecule has 0 amide bonds. The number of rotatable bonds is 5. The Kier molecular flexibility index (Phi) is 6.24. The Hall–Kier alpha value is -4.68. The van der Waals surface area contributed by atoms with Gasteiger partial charge in [0.15, 0.2) is 0 Å². The Labute approximate surface area is 261 Å². The van der Waals surface area contributed by atoms with Gasteiger partial charge in [-0.3, -0.25) is 0 Å². The highest BCUT2D eigenvalue weighted by Gasteiger charge is 2.35. The lowest BCUT2D eigenvalue weighted by molar-refractivity contribution is 0.426. The fourth-order valence-corrected chi connectivity index (χ4v) is 8.02. The van der Waals surface area contributed by atoms with E-state index in [0.29, 0.717) is 5.46 Å². The molecule has 3 nitrogen and oxygen atoms in total. The number of nitrogens with zero attached hydrogens (tertiary/aromatic N) is 1. The molecule has 5 heteroatoms. The largest absolute Gasteiger partial charge is 0.488 e. The average molecular weight is 588 g/mol. The van der Waals surface area contributed by atoms with Gasteiger partial charge in [-0.15, -0.1) is 11.3 Å². The molecule has 0 bridgehead atoms. The van der Waals surface area contributed by atoms with Gasteiger partial charge in [0, 0.05) is 32.3 Å². The summed E-state index contributed by atoms with van der Waals surface area (Å²) >= 11 is 1.74. The van der Waals surface area contributed by atoms with Gasteiger partial charge in [-0.25, -0.2) is 0 Å². The maximum absolute atomic E-state index is 9.87. The molecule has 0 saturated carbocycles. The van der Waals surface area contributed by atoms with E-state index in [-0.39, 0.29) is 5.41 Å². The molecule has 44 heavy (non-hydrogen) atoms. The van der Waals surface area contributed by atoms with Crippen molar-refractivity contribution in [3.05, 3.63) is 145 Å². The van der Waals surface area contributed by atoms with Crippen molar-refractivity contribution in [1.29, 1.82) is 0 Å². The predicted octanol–water partition coefficient (Wildman–Crippen LogP) is 9.18. The van der Waals surface area contributed by atoms with Crippen molar-refractivity contribution in [1.82, 2.24) is 0 Å². The van der Waals surface area contributed by atoms with Crippen molar-refractivity contribution in [2.24, 2.45) is 0 Å². The van der Waals surface area contributed by atoms with Crippen LogP contribution < -0.4 is 10.4 Å². The zero-order valence-electron chi connectivity index (χ0n) is 24.5. The van der Waals surface area contributed by atoms with Crippen LogP contribution in [0.3, 0.4) is 0 Å². The lowest BCUT2D eigenvalue weighted by atomic mass is 9.80. The highest BCUT2D eigenvalue weighted by Crippen LogP contribution is 2.51. The third kappa shape index (κ3) is 4.20. The highest BCUT2D eigenvalue weighted by atomic mass is 32.1. The number of thiophene rings is 1. The Morgan fingerprint density at radius 1 is 0.591 bits per heavy atom. The van der Waals surface area contributed by atoms with Gasteiger partial charge in [0.2, 0.25) is 0 Å². The molecule has 0 fully saturated rings. The van der Waals surface area contributed by atoms with Crippen LogP contribution in [-0.2, 0) is 5.41 Å². The van der Waals surface area contributed by atoms with E-state index in [1.165, 1.54) is 33.4 Å². The van der Waals surface area contributed by atoms with E-state index in [9.17, 15) is 10.0 Å². The van der Waals surface area contributed by atoms with Crippen molar-refractivity contribution in [3.63, 3.8) is 0 Å². The molecule has 0 aliphatic heterocycles. The third-order valence-electron chi connectivity index (χ3n) is 9.10. The minimum atomic E-state index is -1.50. The molecule has 1 heterocycles. The third-order valence-corrected chi connectivity index (χ3v) is 10.3. The second kappa shape index (κ2) is 10.2. The summed E-state index contributed by atoms with van der Waals surface area (Å²) in [5, 5.41) is 21.9. The summed E-state index contributed by atoms with van der Waals surface area (Å²) in [6.07, 6.45) is 0. The number of hydrogen-bond donors (Lipinski definition) is 2. The number of fused-ring (bicyclic) bond motifs is 6. The SMILES string of the molecule is CC1(C)c2ccccc2-c2ccc(N(c3ccc(-c4ccccc4)cc3)c3cccc4c3sc3ccc(B(O)O)cc34)cc21. The van der Waals surface area contributed by atoms with Gasteiger partial charge in [0.25, 0.3) is 0 Å². The molecular formula is C39H30BNO2S. The van der Waals surface area contributed by atoms with Crippen LogP contribution in [0, 0.1) is 0 Å². The highest BCUT2D eigenvalue weighted by molar-refractivity contribution is 7.26. The van der Waals surface area contributed by atoms with Crippen molar-refractivity contribution >= 4 is 61.2 Å². The van der Waals surface area contributed by atoms with E-state index in [0.717, 1.165) is 37.2 Å². The zero-order chi connectivity index (χ0) is 30.0. The van der Waals surface area contributed by atoms with Crippen LogP contribution in [0.5, 0.6) is 0 Å². The van der Waals surface area contributed by atoms with Crippen LogP contribution in [0.15, 0.2) is 133 Å². The Morgan fingerprint density at radius 2 is 1.30 bits per heavy atom. The van der Waals surface area contributed by atoms with Crippen LogP contribution in [0.1, 0.15) is 25.0 Å². The van der Waals surface area contributed by atoms with Crippen LogP contribution in [-0.4, -0.2) is 17.2 Å². The van der Waals surface area contributed by atoms with Gasteiger partial charge >= 0.3 is 7.12 Å². The first-order chi connectivity index (χ1) is 21.4. The minimum Gasteiger partial charge on any atom is -0.423 e. The molecule has 1 aliphatic carbocycles. The minimum absolute atomic E-state index is 0.115. The zero-order valence-corrected chi connectivity index (χ0v) is 25.3. The predicted molar refractivity (Wildman–Crippen MR) is 187 cm³/mol. The molecule has 1 aromatic heterocycles. The van der Waals surface area contributed by atoms with Gasteiger partial charge in [0.1, 0.15) is 0 Å². The van der Waals surface area contributed by atoms with Crippen LogP contribution in [0.4, 0.5) is 17.1 Å². The van der Waals surface area contributed by atoms with E-state index in [1.807, 2.05) is 18.2 Å². The summed E-state index contributed by atoms with van der Waals surface area (Å²) in [7, 11) is -1.50. The molecule has 7 aromatic rings. The van der Waals surface area contributed by atoms with Gasteiger partial charge in [-0.1, -0.05) is 111 Å². The summed E-state index contributed by atoms with van der Waals surface area (Å²) in [5.41, 5.74) is 11.3. The normalized spacial score (nSPS) is 13.2. The lowest BCUT2D eigenvalue weighted by Gasteiger charge is -2.28. The lowest BCUT2D eigenvalue weighted by Crippen LogP contribution is -2.29. The van der Waals surface area contributed by atoms with Crippen molar-refractivity contribution in [3.8, 4) is 22.3 Å². The molecule has 8 rings (SSSR count). The summed E-state index contributed by atoms with van der Waals surface area (Å²) in [6, 6.07) is 47.0. The molecule has 0 unspecified atom stereocenters. The van der Waals surface area contributed by atoms with E-state index in [1.54, 1.807) is 17.4 Å². The maximum Gasteiger partial charge on any atom is 0.488 e. The molecule has 212 valence electrons. The van der Waals surface area contributed by atoms with Crippen LogP contribution >= 0.6 is 11.3 Å². The van der Waals surface area contributed by atoms with Crippen molar-refractivity contribution < 1.29 is 10.0 Å². The van der Waals surface area contributed by atoms with E-state index in [2.05, 4.69) is 128 Å². The van der Waals surface area contributed by atoms with Crippen LogP contribution in [0.25, 0.3) is 42.4 Å². The Morgan fingerprint density at radius 3 is 2.09 bits per heavy atom. The quantitative estimate of drug-likeness (QED) is 0.197. The van der Waals surface area contributed by atoms with E-state index < -0.39 is 7.12 Å². The molecule has 0 atom stereocenters. The molecular weight excluding hydrogens is 557 g/mol. The topological polar surface area (TPSA) is 43.7 Å². The second-order valence-electron chi connectivity index (χ2n) is 12.0. The first-order valence-electron chi connectivity index (χ1n) is 14.9. The van der Waals surface area contributed by atoms with Gasteiger partial charge < -0.3 is 14.9 Å². The monoisotopic (exact) mass is 587 g/mol. The van der Waals surface area contributed by atoms with E-state index >= 15 is 0 Å². The number of hydrogen-bond acceptors (Lipinski definition) is 4. The molecule has 2 N–H and O–H groups in total. The molecule has 0 saturated heterocycles. The molecule has 6 aromatic carbocycles. The smallest absolute Gasteiger partial charge is 0.423 e. The fraction of sp³-hybridized carbons (Fsp3) is 0.0769. The number of anilines is 3. The molecule has 1 aliphatic rings. The van der Waals surface area contributed by atoms with Gasteiger partial charge in [-0.2, -0.15) is 0 Å². The Balaban J connectivity index is 1.34. The first kappa shape index (κ1) is 26.9. The van der Waals surface area contributed by atoms with Crippen molar-refractivity contribution in [2.75, 3.05) is 4.90 Å². The van der Waals surface area contributed by atoms with Crippen molar-refractivity contribution in [2.45, 2.75) is 19.3 Å². The maximum atomic E-state index is 9.87. The average Bonchev–Trinajstić information content (AvgIpc) is 3.54. The molecule has 0 radical (unpaired) electrons. The van der Waals surface area contributed by atoms with E-state index in [4.69, 9.17) is 0 Å². The second-order valence-corrected chi connectivity index (χ2v) is 13.1. The summed E-state index contributed by atoms with van der Waals surface area (Å²) in [4.78, 5) is 2.37. The summed E-state index contributed by atoms with van der Waals surface area (Å²) in [5.74, 6) is 0. The molecule has 0 spiro atoms. The summed E-state index contributed by atoms with van der Waals surface area (Å²) < 4.78 is 2.27. The standard InChI is InChI=1S/C39H30BNO2S/c1-39(2)34-13-7-6-11-30(34)31-21-20-29(24-35(31)39)41(28-18-15-26(16-19-28)25-9-4-3-5-10-25)36-14-8-12-32-33-23-27(40(42)43)17-22-37(33)44-38(32)36/h3-24,42-43H,1-2H3. The van der Waals surface area contributed by atoms with Gasteiger partial charge in [-0.05, 0) is 75.2 Å². The van der Waals surface area contributed by atoms with Crippen LogP contribution in [0.2, 0.25) is 0 Å².